The van der Waals surface area contributed by atoms with Crippen LogP contribution in [0.3, 0.4) is 0 Å². The van der Waals surface area contributed by atoms with Crippen LogP contribution in [0, 0.1) is 0 Å². The largest absolute Gasteiger partial charge is 2.00 e. The summed E-state index contributed by atoms with van der Waals surface area (Å²) in [6.45, 7) is -0.389. The third-order valence-corrected chi connectivity index (χ3v) is 0.167. The fourth-order valence-corrected chi connectivity index (χ4v) is 0. The van der Waals surface area contributed by atoms with Crippen LogP contribution in [-0.2, 0) is 32.3 Å². The van der Waals surface area contributed by atoms with Crippen LogP contribution in [0.1, 0.15) is 1.43 Å². The van der Waals surface area contributed by atoms with E-state index in [0.717, 1.165) is 0 Å². The molecule has 0 unspecified atom stereocenters. The topological polar surface area (TPSA) is 146 Å². The fraction of sp³-hybridized carbons (Fsp3) is 0.500. The Balaban J connectivity index is -0.0000000457. The van der Waals surface area contributed by atoms with Gasteiger partial charge in [-0.1, -0.05) is 0 Å². The molecule has 0 amide bonds. The first kappa shape index (κ1) is 17.1. The second kappa shape index (κ2) is 7.92. The Morgan fingerprint density at radius 1 is 1.45 bits per heavy atom. The van der Waals surface area contributed by atoms with Crippen molar-refractivity contribution in [1.82, 2.24) is 0 Å². The Morgan fingerprint density at radius 3 is 1.55 bits per heavy atom. The number of carboxylic acids is 1. The number of rotatable bonds is 1. The Labute approximate surface area is 75.1 Å². The molecule has 0 aliphatic rings. The minimum absolute atomic E-state index is 0. The van der Waals surface area contributed by atoms with Gasteiger partial charge in [0, 0.05) is 16.9 Å². The van der Waals surface area contributed by atoms with Crippen LogP contribution in [0.5, 0.6) is 0 Å². The van der Waals surface area contributed by atoms with Crippen molar-refractivity contribution >= 4 is 16.4 Å². The van der Waals surface area contributed by atoms with Crippen molar-refractivity contribution in [3.8, 4) is 0 Å². The summed E-state index contributed by atoms with van der Waals surface area (Å²) in [5, 5.41) is 9.13. The predicted molar refractivity (Wildman–Crippen MR) is 25.6 cm³/mol. The Kier molecular flexibility index (Phi) is 12.3. The second-order valence-corrected chi connectivity index (χ2v) is 1.80. The molecule has 0 saturated heterocycles. The molecule has 0 aliphatic heterocycles. The van der Waals surface area contributed by atoms with Crippen molar-refractivity contribution in [2.75, 3.05) is 6.54 Å². The molecule has 0 aromatic rings. The molecule has 0 rings (SSSR count). The van der Waals surface area contributed by atoms with Gasteiger partial charge in [-0.25, -0.2) is 0 Å². The van der Waals surface area contributed by atoms with Gasteiger partial charge in [0.05, 0.1) is 5.97 Å². The summed E-state index contributed by atoms with van der Waals surface area (Å²) in [6, 6.07) is 0. The molecule has 0 fully saturated rings. The third-order valence-electron chi connectivity index (χ3n) is 0.167. The molecule has 2 N–H and O–H groups in total. The van der Waals surface area contributed by atoms with Crippen molar-refractivity contribution in [2.24, 2.45) is 5.73 Å². The van der Waals surface area contributed by atoms with Crippen LogP contribution in [0.2, 0.25) is 0 Å². The summed E-state index contributed by atoms with van der Waals surface area (Å²) in [6.07, 6.45) is 0. The molecule has 68 valence electrons. The summed E-state index contributed by atoms with van der Waals surface area (Å²) < 4.78 is 34.1. The van der Waals surface area contributed by atoms with Gasteiger partial charge in [0.1, 0.15) is 0 Å². The molecule has 0 aromatic carbocycles. The van der Waals surface area contributed by atoms with Gasteiger partial charge in [0.15, 0.2) is 0 Å². The van der Waals surface area contributed by atoms with E-state index >= 15 is 0 Å². The van der Waals surface area contributed by atoms with E-state index in [2.05, 4.69) is 5.73 Å². The second-order valence-electron chi connectivity index (χ2n) is 0.984. The maximum Gasteiger partial charge on any atom is 2.00 e. The molecule has 0 heterocycles. The van der Waals surface area contributed by atoms with Crippen LogP contribution in [0.25, 0.3) is 0 Å². The first-order valence-corrected chi connectivity index (χ1v) is 3.17. The minimum atomic E-state index is -5.17. The average molecular weight is 227 g/mol. The first-order chi connectivity index (χ1) is 4.27. The van der Waals surface area contributed by atoms with E-state index in [0.29, 0.717) is 0 Å². The van der Waals surface area contributed by atoms with Gasteiger partial charge in [0.25, 0.3) is 0 Å². The number of hydrogen-bond acceptors (Lipinski definition) is 7. The standard InChI is InChI=1S/C2H5NO2.Fe.H2O4S/c3-1-2(4)5;;1-5(2,3)4/h1,3H2,(H,4,5);;(H2,1,2,3,4)/q;+2;/p-2. The Morgan fingerprint density at radius 2 is 1.55 bits per heavy atom. The summed E-state index contributed by atoms with van der Waals surface area (Å²) in [4.78, 5) is 9.13. The van der Waals surface area contributed by atoms with Gasteiger partial charge in [0.2, 0.25) is 0 Å². The normalized spacial score (nSPS) is 8.64. The maximum atomic E-state index is 9.13. The Hall–Kier alpha value is -0.181. The molecule has 0 saturated carbocycles. The summed E-state index contributed by atoms with van der Waals surface area (Å²) >= 11 is 0. The molecule has 0 aromatic heterocycles. The van der Waals surface area contributed by atoms with E-state index in [1.54, 1.807) is 0 Å². The van der Waals surface area contributed by atoms with Crippen molar-refractivity contribution in [3.05, 3.63) is 0 Å². The van der Waals surface area contributed by atoms with Gasteiger partial charge in [-0.2, -0.15) is 0 Å². The third kappa shape index (κ3) is 181. The zero-order valence-corrected chi connectivity index (χ0v) is 6.92. The number of carbonyl (C=O) groups is 1. The van der Waals surface area contributed by atoms with Gasteiger partial charge >= 0.3 is 18.5 Å². The molecular weight excluding hydrogens is 222 g/mol. The molecule has 0 spiro atoms. The van der Waals surface area contributed by atoms with Crippen LogP contribution >= 0.6 is 0 Å². The van der Waals surface area contributed by atoms with E-state index in [9.17, 15) is 0 Å². The van der Waals surface area contributed by atoms with Crippen LogP contribution in [0.15, 0.2) is 0 Å². The van der Waals surface area contributed by atoms with Gasteiger partial charge in [-0.15, -0.1) is 0 Å². The quantitative estimate of drug-likeness (QED) is 0.277. The molecule has 0 atom stereocenters. The number of carboxylic acid groups (broad SMARTS) is 1. The zero-order valence-electron chi connectivity index (χ0n) is 6.00. The van der Waals surface area contributed by atoms with Crippen molar-refractivity contribution in [1.29, 1.82) is 0 Å². The van der Waals surface area contributed by atoms with Gasteiger partial charge in [-0.05, 0) is 0 Å². The zero-order chi connectivity index (χ0) is 8.78. The number of aliphatic carboxylic acids is 1. The minimum Gasteiger partial charge on any atom is -0.759 e. The van der Waals surface area contributed by atoms with Crippen molar-refractivity contribution in [3.63, 3.8) is 0 Å². The molecule has 11 heavy (non-hydrogen) atoms. The summed E-state index contributed by atoms with van der Waals surface area (Å²) in [5.41, 5.74) is 4.51. The first-order valence-electron chi connectivity index (χ1n) is 1.84. The number of carbonyl (C=O) groups excluding carboxylic acids is 1. The van der Waals surface area contributed by atoms with Crippen LogP contribution in [-0.4, -0.2) is 30.0 Å². The summed E-state index contributed by atoms with van der Waals surface area (Å²) in [7, 11) is -5.17. The van der Waals surface area contributed by atoms with E-state index in [4.69, 9.17) is 27.4 Å². The molecule has 9 heteroatoms. The smallest absolute Gasteiger partial charge is 0.759 e. The van der Waals surface area contributed by atoms with Crippen LogP contribution < -0.4 is 10.8 Å². The van der Waals surface area contributed by atoms with E-state index in [1.807, 2.05) is 0 Å². The van der Waals surface area contributed by atoms with E-state index in [1.165, 1.54) is 0 Å². The molecule has 7 nitrogen and oxygen atoms in total. The van der Waals surface area contributed by atoms with Gasteiger partial charge in [-0.3, -0.25) is 8.42 Å². The predicted octanol–water partition coefficient (Wildman–Crippen LogP) is -3.53. The molecule has 0 radical (unpaired) electrons. The maximum absolute atomic E-state index is 9.13. The number of nitrogens with two attached hydrogens (primary N) is 1. The van der Waals surface area contributed by atoms with Gasteiger partial charge < -0.3 is 24.7 Å². The summed E-state index contributed by atoms with van der Waals surface area (Å²) in [5.74, 6) is -1.22. The average Bonchev–Trinajstić information content (AvgIpc) is 1.61. The van der Waals surface area contributed by atoms with Crippen molar-refractivity contribution in [2.45, 2.75) is 0 Å². The number of hydrogen-bond donors (Lipinski definition) is 1. The monoisotopic (exact) mass is 227 g/mol. The van der Waals surface area contributed by atoms with Crippen LogP contribution in [0.4, 0.5) is 0 Å². The SMILES string of the molecule is NCC(=O)[O-].O=S(=O)([O-])[O-].[Fe+2].[H+]. The molecule has 0 bridgehead atoms. The molecule has 0 aliphatic carbocycles. The fourth-order valence-electron chi connectivity index (χ4n) is 0. The molecular formula is C2H5FeNO6S. The Bertz CT molecular complexity index is 184. The van der Waals surface area contributed by atoms with E-state index < -0.39 is 16.4 Å². The van der Waals surface area contributed by atoms with Crippen molar-refractivity contribution < 1.29 is 45.9 Å². The van der Waals surface area contributed by atoms with E-state index in [-0.39, 0.29) is 25.0 Å².